The van der Waals surface area contributed by atoms with E-state index in [9.17, 15) is 4.79 Å². The van der Waals surface area contributed by atoms with Gasteiger partial charge in [-0.25, -0.2) is 0 Å². The molecule has 1 aliphatic rings. The molecule has 0 radical (unpaired) electrons. The smallest absolute Gasteiger partial charge is 0.172 e. The van der Waals surface area contributed by atoms with Crippen LogP contribution >= 0.6 is 0 Å². The van der Waals surface area contributed by atoms with Crippen molar-refractivity contribution in [3.63, 3.8) is 0 Å². The predicted octanol–water partition coefficient (Wildman–Crippen LogP) is 4.63. The van der Waals surface area contributed by atoms with Crippen molar-refractivity contribution in [2.75, 3.05) is 6.61 Å². The highest BCUT2D eigenvalue weighted by Gasteiger charge is 2.36. The van der Waals surface area contributed by atoms with Crippen molar-refractivity contribution in [2.45, 2.75) is 52.4 Å². The molecule has 0 unspecified atom stereocenters. The van der Waals surface area contributed by atoms with E-state index in [0.717, 1.165) is 30.6 Å². The molecule has 0 bridgehead atoms. The van der Waals surface area contributed by atoms with E-state index in [1.54, 1.807) is 0 Å². The summed E-state index contributed by atoms with van der Waals surface area (Å²) in [5, 5.41) is 0. The Labute approximate surface area is 116 Å². The number of carbonyl (C=O) groups excluding carboxylic acids is 1. The van der Waals surface area contributed by atoms with Crippen LogP contribution in [0.25, 0.3) is 0 Å². The van der Waals surface area contributed by atoms with Crippen LogP contribution in [-0.2, 0) is 0 Å². The molecule has 0 aliphatic heterocycles. The predicted molar refractivity (Wildman–Crippen MR) is 77.8 cm³/mol. The van der Waals surface area contributed by atoms with Gasteiger partial charge in [0.05, 0.1) is 12.2 Å². The van der Waals surface area contributed by atoms with Crippen LogP contribution in [0.1, 0.15) is 62.7 Å². The summed E-state index contributed by atoms with van der Waals surface area (Å²) >= 11 is 0. The Kier molecular flexibility index (Phi) is 4.62. The third-order valence-electron chi connectivity index (χ3n) is 4.10. The molecule has 1 aromatic carbocycles. The average molecular weight is 260 g/mol. The molecule has 0 aromatic heterocycles. The Morgan fingerprint density at radius 1 is 1.21 bits per heavy atom. The van der Waals surface area contributed by atoms with Crippen LogP contribution in [0.5, 0.6) is 5.75 Å². The fraction of sp³-hybridized carbons (Fsp3) is 0.588. The van der Waals surface area contributed by atoms with Crippen molar-refractivity contribution < 1.29 is 9.53 Å². The maximum Gasteiger partial charge on any atom is 0.172 e. The first-order valence-corrected chi connectivity index (χ1v) is 7.44. The fourth-order valence-electron chi connectivity index (χ4n) is 2.88. The van der Waals surface area contributed by atoms with Crippen molar-refractivity contribution in [3.05, 3.63) is 29.8 Å². The van der Waals surface area contributed by atoms with Crippen molar-refractivity contribution in [1.82, 2.24) is 0 Å². The topological polar surface area (TPSA) is 26.3 Å². The van der Waals surface area contributed by atoms with E-state index < -0.39 is 0 Å². The lowest BCUT2D eigenvalue weighted by Crippen LogP contribution is -2.30. The minimum atomic E-state index is -0.191. The summed E-state index contributed by atoms with van der Waals surface area (Å²) in [4.78, 5) is 12.8. The molecule has 0 saturated heterocycles. The second kappa shape index (κ2) is 6.23. The van der Waals surface area contributed by atoms with Crippen LogP contribution in [0, 0.1) is 5.41 Å². The number of hydrogen-bond donors (Lipinski definition) is 0. The van der Waals surface area contributed by atoms with E-state index in [0.29, 0.717) is 6.61 Å². The number of rotatable bonds is 5. The molecule has 104 valence electrons. The van der Waals surface area contributed by atoms with Gasteiger partial charge in [-0.2, -0.15) is 0 Å². The Balaban J connectivity index is 2.22. The molecule has 0 atom stereocenters. The molecule has 2 nitrogen and oxygen atoms in total. The lowest BCUT2D eigenvalue weighted by Gasteiger charge is -2.32. The van der Waals surface area contributed by atoms with Gasteiger partial charge in [-0.1, -0.05) is 45.2 Å². The minimum Gasteiger partial charge on any atom is -0.493 e. The van der Waals surface area contributed by atoms with Gasteiger partial charge in [-0.3, -0.25) is 4.79 Å². The summed E-state index contributed by atoms with van der Waals surface area (Å²) in [6.07, 6.45) is 6.57. The number of ether oxygens (including phenoxy) is 1. The van der Waals surface area contributed by atoms with E-state index in [-0.39, 0.29) is 11.2 Å². The number of para-hydroxylation sites is 1. The molecule has 1 fully saturated rings. The summed E-state index contributed by atoms with van der Waals surface area (Å²) in [6.45, 7) is 4.86. The van der Waals surface area contributed by atoms with E-state index in [1.165, 1.54) is 19.3 Å². The lowest BCUT2D eigenvalue weighted by atomic mass is 9.71. The summed E-state index contributed by atoms with van der Waals surface area (Å²) < 4.78 is 5.72. The maximum atomic E-state index is 12.8. The molecule has 0 spiro atoms. The Bertz CT molecular complexity index is 431. The highest BCUT2D eigenvalue weighted by molar-refractivity contribution is 6.02. The van der Waals surface area contributed by atoms with Crippen LogP contribution < -0.4 is 4.74 Å². The average Bonchev–Trinajstić information content (AvgIpc) is 2.45. The number of ketones is 1. The third kappa shape index (κ3) is 3.17. The highest BCUT2D eigenvalue weighted by atomic mass is 16.5. The van der Waals surface area contributed by atoms with Gasteiger partial charge >= 0.3 is 0 Å². The van der Waals surface area contributed by atoms with Gasteiger partial charge in [0, 0.05) is 5.41 Å². The van der Waals surface area contributed by atoms with Crippen LogP contribution in [0.3, 0.4) is 0 Å². The van der Waals surface area contributed by atoms with E-state index in [4.69, 9.17) is 4.74 Å². The molecule has 1 aliphatic carbocycles. The quantitative estimate of drug-likeness (QED) is 0.722. The third-order valence-corrected chi connectivity index (χ3v) is 4.10. The molecular weight excluding hydrogens is 236 g/mol. The van der Waals surface area contributed by atoms with Gasteiger partial charge in [0.2, 0.25) is 0 Å². The van der Waals surface area contributed by atoms with E-state index >= 15 is 0 Å². The zero-order valence-corrected chi connectivity index (χ0v) is 12.1. The second-order valence-corrected chi connectivity index (χ2v) is 5.80. The van der Waals surface area contributed by atoms with Gasteiger partial charge in [-0.15, -0.1) is 0 Å². The van der Waals surface area contributed by atoms with Crippen LogP contribution in [0.2, 0.25) is 0 Å². The van der Waals surface area contributed by atoms with Crippen molar-refractivity contribution in [2.24, 2.45) is 5.41 Å². The molecule has 19 heavy (non-hydrogen) atoms. The molecule has 1 saturated carbocycles. The number of hydrogen-bond acceptors (Lipinski definition) is 2. The first-order valence-electron chi connectivity index (χ1n) is 7.44. The van der Waals surface area contributed by atoms with E-state index in [2.05, 4.69) is 13.8 Å². The molecular formula is C17H24O2. The Morgan fingerprint density at radius 2 is 1.89 bits per heavy atom. The molecule has 0 N–H and O–H groups in total. The van der Waals surface area contributed by atoms with E-state index in [1.807, 2.05) is 24.3 Å². The van der Waals surface area contributed by atoms with Gasteiger partial charge in [-0.05, 0) is 31.4 Å². The van der Waals surface area contributed by atoms with Crippen LogP contribution in [0.15, 0.2) is 24.3 Å². The summed E-state index contributed by atoms with van der Waals surface area (Å²) in [5.41, 5.74) is 0.574. The molecule has 2 rings (SSSR count). The largest absolute Gasteiger partial charge is 0.493 e. The summed E-state index contributed by atoms with van der Waals surface area (Å²) in [7, 11) is 0. The standard InChI is InChI=1S/C17H24O2/c1-3-13-19-15-10-6-5-9-14(15)16(18)17(2)11-7-4-8-12-17/h5-6,9-10H,3-4,7-8,11-13H2,1-2H3. The lowest BCUT2D eigenvalue weighted by molar-refractivity contribution is 0.0745. The summed E-state index contributed by atoms with van der Waals surface area (Å²) in [6, 6.07) is 7.69. The normalized spacial score (nSPS) is 18.0. The zero-order valence-electron chi connectivity index (χ0n) is 12.1. The van der Waals surface area contributed by atoms with Crippen LogP contribution in [0.4, 0.5) is 0 Å². The SMILES string of the molecule is CCCOc1ccccc1C(=O)C1(C)CCCCC1. The van der Waals surface area contributed by atoms with Crippen molar-refractivity contribution >= 4 is 5.78 Å². The summed E-state index contributed by atoms with van der Waals surface area (Å²) in [5.74, 6) is 1.01. The van der Waals surface area contributed by atoms with Crippen molar-refractivity contribution in [3.8, 4) is 5.75 Å². The van der Waals surface area contributed by atoms with Crippen LogP contribution in [-0.4, -0.2) is 12.4 Å². The molecule has 2 heteroatoms. The number of benzene rings is 1. The highest BCUT2D eigenvalue weighted by Crippen LogP contribution is 2.40. The number of Topliss-reactive ketones (excluding diaryl/α,β-unsaturated/α-hetero) is 1. The van der Waals surface area contributed by atoms with Gasteiger partial charge in [0.1, 0.15) is 5.75 Å². The minimum absolute atomic E-state index is 0.191. The molecule has 1 aromatic rings. The monoisotopic (exact) mass is 260 g/mol. The van der Waals surface area contributed by atoms with Gasteiger partial charge in [0.15, 0.2) is 5.78 Å². The Morgan fingerprint density at radius 3 is 2.58 bits per heavy atom. The Hall–Kier alpha value is -1.31. The van der Waals surface area contributed by atoms with Crippen molar-refractivity contribution in [1.29, 1.82) is 0 Å². The first-order chi connectivity index (χ1) is 9.17. The molecule has 0 amide bonds. The number of carbonyl (C=O) groups is 1. The van der Waals surface area contributed by atoms with Gasteiger partial charge < -0.3 is 4.74 Å². The molecule has 0 heterocycles. The zero-order chi connectivity index (χ0) is 13.7. The second-order valence-electron chi connectivity index (χ2n) is 5.80. The van der Waals surface area contributed by atoms with Gasteiger partial charge in [0.25, 0.3) is 0 Å². The fourth-order valence-corrected chi connectivity index (χ4v) is 2.88. The first kappa shape index (κ1) is 14.1. The maximum absolute atomic E-state index is 12.8.